The number of hydrogen-bond donors (Lipinski definition) is 3. The molecule has 0 bridgehead atoms. The molecule has 3 N–H and O–H groups in total. The van der Waals surface area contributed by atoms with Gasteiger partial charge in [-0.3, -0.25) is 10.2 Å². The molecule has 2 fully saturated rings. The molecule has 3 aliphatic rings. The third kappa shape index (κ3) is 3.92. The smallest absolute Gasteiger partial charge is 0.412 e. The number of amides is 1. The van der Waals surface area contributed by atoms with Gasteiger partial charge >= 0.3 is 6.09 Å². The molecule has 9 heteroatoms. The lowest BCUT2D eigenvalue weighted by atomic mass is 9.95. The Bertz CT molecular complexity index is 1050. The van der Waals surface area contributed by atoms with Crippen LogP contribution in [0.3, 0.4) is 0 Å². The number of nitrogens with one attached hydrogen (secondary N) is 1. The van der Waals surface area contributed by atoms with Gasteiger partial charge in [-0.25, -0.2) is 13.6 Å². The van der Waals surface area contributed by atoms with E-state index >= 15 is 0 Å². The first-order chi connectivity index (χ1) is 15.3. The van der Waals surface area contributed by atoms with E-state index in [4.69, 9.17) is 9.47 Å². The predicted octanol–water partition coefficient (Wildman–Crippen LogP) is 2.96. The van der Waals surface area contributed by atoms with E-state index in [1.165, 1.54) is 12.1 Å². The van der Waals surface area contributed by atoms with Crippen LogP contribution in [0.4, 0.5) is 19.3 Å². The molecule has 5 rings (SSSR count). The Labute approximate surface area is 183 Å². The second-order valence-corrected chi connectivity index (χ2v) is 8.86. The van der Waals surface area contributed by atoms with Crippen molar-refractivity contribution in [1.82, 2.24) is 4.90 Å². The zero-order valence-electron chi connectivity index (χ0n) is 17.3. The second kappa shape index (κ2) is 7.99. The molecule has 2 aromatic rings. The van der Waals surface area contributed by atoms with Crippen LogP contribution in [0.25, 0.3) is 0 Å². The number of carbonyl (C=O) groups excluding carboxylic acids is 1. The molecular formula is C23H24F2N2O5. The summed E-state index contributed by atoms with van der Waals surface area (Å²) in [6, 6.07) is 9.04. The standard InChI is InChI=1S/C23H24F2N2O5/c24-17-3-1-2-4-20(17)32-16-7-15-9-27(12-23(15,30)8-16)10-19(28)13-5-14-11-31-22(29)26-21(14)18(25)6-13/h1-6,15-16,19,28,30H,7-12H2,(H,26,29)/t15-,16+,19?,23-/m1/s1. The molecule has 1 amide bonds. The first kappa shape index (κ1) is 21.1. The first-order valence-electron chi connectivity index (χ1n) is 10.6. The number of anilines is 1. The van der Waals surface area contributed by atoms with Gasteiger partial charge in [-0.05, 0) is 36.2 Å². The highest BCUT2D eigenvalue weighted by atomic mass is 19.1. The third-order valence-corrected chi connectivity index (χ3v) is 6.59. The normalized spacial score (nSPS) is 27.9. The summed E-state index contributed by atoms with van der Waals surface area (Å²) >= 11 is 0. The van der Waals surface area contributed by atoms with Crippen LogP contribution in [0.2, 0.25) is 0 Å². The maximum absolute atomic E-state index is 14.4. The van der Waals surface area contributed by atoms with Crippen molar-refractivity contribution in [3.63, 3.8) is 0 Å². The number of fused-ring (bicyclic) bond motifs is 2. The number of aliphatic hydroxyl groups excluding tert-OH is 1. The maximum atomic E-state index is 14.4. The second-order valence-electron chi connectivity index (χ2n) is 8.86. The number of halogens is 2. The summed E-state index contributed by atoms with van der Waals surface area (Å²) in [6.45, 7) is 1.06. The van der Waals surface area contributed by atoms with Gasteiger partial charge in [0.1, 0.15) is 18.5 Å². The molecule has 0 radical (unpaired) electrons. The molecular weight excluding hydrogens is 422 g/mol. The molecule has 1 aliphatic carbocycles. The fraction of sp³-hybridized carbons (Fsp3) is 0.435. The summed E-state index contributed by atoms with van der Waals surface area (Å²) in [6.07, 6.45) is -0.997. The van der Waals surface area contributed by atoms with Crippen LogP contribution in [0.15, 0.2) is 36.4 Å². The molecule has 32 heavy (non-hydrogen) atoms. The van der Waals surface area contributed by atoms with Crippen molar-refractivity contribution in [2.24, 2.45) is 5.92 Å². The van der Waals surface area contributed by atoms with Gasteiger partial charge in [0.05, 0.1) is 17.4 Å². The van der Waals surface area contributed by atoms with Crippen molar-refractivity contribution in [3.05, 3.63) is 59.2 Å². The molecule has 2 aliphatic heterocycles. The Morgan fingerprint density at radius 2 is 2.09 bits per heavy atom. The number of nitrogens with zero attached hydrogens (tertiary/aromatic N) is 1. The molecule has 2 heterocycles. The van der Waals surface area contributed by atoms with Gasteiger partial charge in [-0.2, -0.15) is 0 Å². The zero-order valence-corrected chi connectivity index (χ0v) is 17.3. The summed E-state index contributed by atoms with van der Waals surface area (Å²) in [7, 11) is 0. The Balaban J connectivity index is 1.21. The number of para-hydroxylation sites is 1. The van der Waals surface area contributed by atoms with Gasteiger partial charge in [-0.15, -0.1) is 0 Å². The van der Waals surface area contributed by atoms with Crippen molar-refractivity contribution in [2.45, 2.75) is 37.3 Å². The van der Waals surface area contributed by atoms with Crippen LogP contribution >= 0.6 is 0 Å². The van der Waals surface area contributed by atoms with E-state index in [0.717, 1.165) is 0 Å². The number of benzene rings is 2. The number of hydrogen-bond acceptors (Lipinski definition) is 6. The van der Waals surface area contributed by atoms with E-state index in [2.05, 4.69) is 5.32 Å². The predicted molar refractivity (Wildman–Crippen MR) is 110 cm³/mol. The van der Waals surface area contributed by atoms with Crippen LogP contribution in [0.5, 0.6) is 5.75 Å². The highest BCUT2D eigenvalue weighted by Crippen LogP contribution is 2.43. The van der Waals surface area contributed by atoms with E-state index in [9.17, 15) is 23.8 Å². The number of cyclic esters (lactones) is 1. The average Bonchev–Trinajstić information content (AvgIpc) is 3.20. The fourth-order valence-electron chi connectivity index (χ4n) is 5.10. The average molecular weight is 446 g/mol. The first-order valence-corrected chi connectivity index (χ1v) is 10.6. The monoisotopic (exact) mass is 446 g/mol. The highest BCUT2D eigenvalue weighted by molar-refractivity contribution is 5.87. The molecule has 0 aromatic heterocycles. The largest absolute Gasteiger partial charge is 0.487 e. The molecule has 0 spiro atoms. The SMILES string of the molecule is O=C1Nc2c(F)cc(C(O)CN3C[C@H]4C[C@H](Oc5ccccc5F)C[C@@]4(O)C3)cc2CO1. The number of carbonyl (C=O) groups is 1. The molecule has 1 saturated heterocycles. The Morgan fingerprint density at radius 3 is 2.88 bits per heavy atom. The van der Waals surface area contributed by atoms with Crippen LogP contribution < -0.4 is 10.1 Å². The summed E-state index contributed by atoms with van der Waals surface area (Å²) in [5, 5.41) is 24.1. The molecule has 170 valence electrons. The van der Waals surface area contributed by atoms with Gasteiger partial charge < -0.3 is 19.7 Å². The Morgan fingerprint density at radius 1 is 1.28 bits per heavy atom. The Hall–Kier alpha value is -2.75. The van der Waals surface area contributed by atoms with Crippen LogP contribution in [0.1, 0.15) is 30.1 Å². The summed E-state index contributed by atoms with van der Waals surface area (Å²) in [5.41, 5.74) is -0.0628. The van der Waals surface area contributed by atoms with Crippen molar-refractivity contribution < 1.29 is 33.3 Å². The van der Waals surface area contributed by atoms with E-state index in [0.29, 0.717) is 37.1 Å². The van der Waals surface area contributed by atoms with Gasteiger partial charge in [-0.1, -0.05) is 12.1 Å². The van der Waals surface area contributed by atoms with Crippen molar-refractivity contribution in [3.8, 4) is 5.75 Å². The van der Waals surface area contributed by atoms with Gasteiger partial charge in [0.15, 0.2) is 11.6 Å². The Kier molecular flexibility index (Phi) is 5.27. The number of β-amino-alcohol motifs (C(OH)–C–C–N with tert-alkyl or cyclic N) is 2. The molecule has 1 unspecified atom stereocenters. The number of aliphatic hydroxyl groups is 2. The van der Waals surface area contributed by atoms with Gasteiger partial charge in [0.2, 0.25) is 0 Å². The number of likely N-dealkylation sites (tertiary alicyclic amines) is 1. The number of rotatable bonds is 5. The highest BCUT2D eigenvalue weighted by Gasteiger charge is 2.53. The minimum atomic E-state index is -0.977. The van der Waals surface area contributed by atoms with Crippen LogP contribution in [-0.4, -0.2) is 52.5 Å². The molecule has 4 atom stereocenters. The van der Waals surface area contributed by atoms with E-state index in [-0.39, 0.29) is 36.6 Å². The lowest BCUT2D eigenvalue weighted by molar-refractivity contribution is 0.0175. The minimum absolute atomic E-state index is 0.0599. The molecule has 2 aromatic carbocycles. The summed E-state index contributed by atoms with van der Waals surface area (Å²) in [4.78, 5) is 13.2. The lowest BCUT2D eigenvalue weighted by Gasteiger charge is -2.26. The summed E-state index contributed by atoms with van der Waals surface area (Å²) < 4.78 is 38.9. The van der Waals surface area contributed by atoms with Crippen LogP contribution in [0, 0.1) is 17.6 Å². The maximum Gasteiger partial charge on any atom is 0.412 e. The van der Waals surface area contributed by atoms with Gasteiger partial charge in [0.25, 0.3) is 0 Å². The minimum Gasteiger partial charge on any atom is -0.487 e. The zero-order chi connectivity index (χ0) is 22.5. The van der Waals surface area contributed by atoms with Crippen molar-refractivity contribution in [2.75, 3.05) is 25.0 Å². The lowest BCUT2D eigenvalue weighted by Crippen LogP contribution is -2.36. The van der Waals surface area contributed by atoms with Crippen molar-refractivity contribution >= 4 is 11.8 Å². The van der Waals surface area contributed by atoms with E-state index in [1.54, 1.807) is 24.3 Å². The fourth-order valence-corrected chi connectivity index (χ4v) is 5.10. The topological polar surface area (TPSA) is 91.3 Å². The quantitative estimate of drug-likeness (QED) is 0.654. The molecule has 1 saturated carbocycles. The number of ether oxygens (including phenoxy) is 2. The third-order valence-electron chi connectivity index (χ3n) is 6.59. The van der Waals surface area contributed by atoms with Gasteiger partial charge in [0, 0.05) is 37.5 Å². The van der Waals surface area contributed by atoms with Crippen molar-refractivity contribution in [1.29, 1.82) is 0 Å². The van der Waals surface area contributed by atoms with Crippen LogP contribution in [-0.2, 0) is 11.3 Å². The molecule has 7 nitrogen and oxygen atoms in total. The van der Waals surface area contributed by atoms with E-state index < -0.39 is 29.4 Å². The summed E-state index contributed by atoms with van der Waals surface area (Å²) in [5.74, 6) is -0.930. The van der Waals surface area contributed by atoms with E-state index in [1.807, 2.05) is 4.90 Å².